The molecule has 0 spiro atoms. The molecule has 31 heavy (non-hydrogen) atoms. The minimum absolute atomic E-state index is 0.278. The van der Waals surface area contributed by atoms with Gasteiger partial charge in [-0.2, -0.15) is 0 Å². The van der Waals surface area contributed by atoms with Gasteiger partial charge in [0.1, 0.15) is 24.2 Å². The zero-order valence-electron chi connectivity index (χ0n) is 19.0. The summed E-state index contributed by atoms with van der Waals surface area (Å²) < 4.78 is 11.4. The number of aromatic nitrogens is 1. The second kappa shape index (κ2) is 12.6. The van der Waals surface area contributed by atoms with Gasteiger partial charge < -0.3 is 24.8 Å². The summed E-state index contributed by atoms with van der Waals surface area (Å²) in [5, 5.41) is 14.1. The number of methoxy groups -OCH3 is 1. The third kappa shape index (κ3) is 7.80. The summed E-state index contributed by atoms with van der Waals surface area (Å²) in [6.07, 6.45) is 9.56. The number of hydrogen-bond donors (Lipinski definition) is 2. The molecule has 1 aliphatic rings. The number of pyridine rings is 1. The first-order valence-electron chi connectivity index (χ1n) is 11.5. The number of likely N-dealkylation sites (tertiary alicyclic amines) is 1. The molecule has 2 heterocycles. The second-order valence-corrected chi connectivity index (χ2v) is 8.41. The molecule has 0 bridgehead atoms. The quantitative estimate of drug-likeness (QED) is 0.603. The third-order valence-electron chi connectivity index (χ3n) is 5.89. The number of aliphatic hydroxyl groups excluding tert-OH is 1. The van der Waals surface area contributed by atoms with Crippen LogP contribution in [0.2, 0.25) is 0 Å². The van der Waals surface area contributed by atoms with Gasteiger partial charge in [-0.3, -0.25) is 4.98 Å². The molecule has 1 saturated heterocycles. The van der Waals surface area contributed by atoms with Gasteiger partial charge in [0.15, 0.2) is 0 Å². The van der Waals surface area contributed by atoms with Crippen LogP contribution in [0.3, 0.4) is 0 Å². The summed E-state index contributed by atoms with van der Waals surface area (Å²) in [5.41, 5.74) is 3.45. The highest BCUT2D eigenvalue weighted by Gasteiger charge is 2.15. The number of rotatable bonds is 10. The van der Waals surface area contributed by atoms with Crippen LogP contribution in [0, 0.1) is 6.92 Å². The first-order valence-corrected chi connectivity index (χ1v) is 11.5. The minimum atomic E-state index is -0.508. The van der Waals surface area contributed by atoms with Crippen molar-refractivity contribution >= 4 is 0 Å². The molecule has 3 rings (SSSR count). The lowest BCUT2D eigenvalue weighted by Gasteiger charge is -2.27. The molecule has 170 valence electrons. The van der Waals surface area contributed by atoms with Gasteiger partial charge in [0.2, 0.25) is 0 Å². The van der Waals surface area contributed by atoms with Crippen molar-refractivity contribution in [1.82, 2.24) is 15.2 Å². The van der Waals surface area contributed by atoms with Crippen molar-refractivity contribution in [2.75, 3.05) is 33.4 Å². The molecule has 1 aliphatic heterocycles. The highest BCUT2D eigenvalue weighted by atomic mass is 16.5. The summed E-state index contributed by atoms with van der Waals surface area (Å²) in [4.78, 5) is 6.52. The van der Waals surface area contributed by atoms with E-state index in [4.69, 9.17) is 9.47 Å². The maximum atomic E-state index is 10.6. The molecule has 0 saturated carbocycles. The fraction of sp³-hybridized carbons (Fsp3) is 0.560. The van der Waals surface area contributed by atoms with Crippen LogP contribution in [-0.2, 0) is 13.1 Å². The topological polar surface area (TPSA) is 66.8 Å². The smallest absolute Gasteiger partial charge is 0.127 e. The molecule has 6 heteroatoms. The molecule has 1 atom stereocenters. The van der Waals surface area contributed by atoms with Crippen LogP contribution in [0.4, 0.5) is 0 Å². The number of aliphatic hydroxyl groups is 1. The summed E-state index contributed by atoms with van der Waals surface area (Å²) in [6.45, 7) is 6.58. The van der Waals surface area contributed by atoms with Crippen molar-refractivity contribution in [3.05, 3.63) is 53.3 Å². The Balaban J connectivity index is 1.54. The molecule has 6 nitrogen and oxygen atoms in total. The highest BCUT2D eigenvalue weighted by Crippen LogP contribution is 2.25. The number of aryl methyl sites for hydroxylation is 1. The van der Waals surface area contributed by atoms with Gasteiger partial charge >= 0.3 is 0 Å². The van der Waals surface area contributed by atoms with E-state index in [9.17, 15) is 5.11 Å². The number of nitrogens with zero attached hydrogens (tertiary/aromatic N) is 2. The lowest BCUT2D eigenvalue weighted by Crippen LogP contribution is -2.37. The van der Waals surface area contributed by atoms with E-state index in [-0.39, 0.29) is 6.61 Å². The van der Waals surface area contributed by atoms with Crippen LogP contribution < -0.4 is 14.8 Å². The first-order chi connectivity index (χ1) is 15.2. The van der Waals surface area contributed by atoms with Gasteiger partial charge in [-0.05, 0) is 56.1 Å². The Morgan fingerprint density at radius 3 is 2.55 bits per heavy atom. The maximum absolute atomic E-state index is 10.6. The Hall–Kier alpha value is -2.15. The second-order valence-electron chi connectivity index (χ2n) is 8.41. The van der Waals surface area contributed by atoms with Gasteiger partial charge in [-0.15, -0.1) is 0 Å². The zero-order valence-corrected chi connectivity index (χ0v) is 19.0. The summed E-state index contributed by atoms with van der Waals surface area (Å²) in [7, 11) is 1.65. The van der Waals surface area contributed by atoms with Gasteiger partial charge in [-0.1, -0.05) is 25.3 Å². The van der Waals surface area contributed by atoms with Gasteiger partial charge in [0.05, 0.1) is 7.11 Å². The minimum Gasteiger partial charge on any atom is -0.497 e. The van der Waals surface area contributed by atoms with E-state index in [2.05, 4.69) is 22.1 Å². The Labute approximate surface area is 186 Å². The largest absolute Gasteiger partial charge is 0.497 e. The molecule has 1 aromatic heterocycles. The Morgan fingerprint density at radius 1 is 1.06 bits per heavy atom. The van der Waals surface area contributed by atoms with Crippen molar-refractivity contribution in [2.45, 2.75) is 58.2 Å². The van der Waals surface area contributed by atoms with Crippen LogP contribution in [-0.4, -0.2) is 54.4 Å². The number of benzene rings is 1. The van der Waals surface area contributed by atoms with E-state index in [0.717, 1.165) is 36.7 Å². The van der Waals surface area contributed by atoms with Gasteiger partial charge in [-0.25, -0.2) is 0 Å². The number of nitrogens with one attached hydrogen (secondary N) is 1. The third-order valence-corrected chi connectivity index (χ3v) is 5.89. The SMILES string of the molecule is COc1ccc(CNCc2ccncc2C)c(OCC(O)CN2CCCCCCC2)c1. The normalized spacial score (nSPS) is 16.4. The maximum Gasteiger partial charge on any atom is 0.127 e. The standard InChI is InChI=1S/C25H37N3O3/c1-20-15-26-11-10-21(20)16-27-17-22-8-9-24(30-2)14-25(22)31-19-23(29)18-28-12-6-4-3-5-7-13-28/h8-11,14-15,23,27,29H,3-7,12-13,16-19H2,1-2H3. The van der Waals surface area contributed by atoms with E-state index >= 15 is 0 Å². The summed E-state index contributed by atoms with van der Waals surface area (Å²) >= 11 is 0. The number of β-amino-alcohol motifs (C(OH)–C–C–N with tert-alkyl or cyclic N) is 1. The van der Waals surface area contributed by atoms with E-state index in [1.54, 1.807) is 7.11 Å². The van der Waals surface area contributed by atoms with Crippen LogP contribution in [0.5, 0.6) is 11.5 Å². The molecule has 0 amide bonds. The number of hydrogen-bond acceptors (Lipinski definition) is 6. The monoisotopic (exact) mass is 427 g/mol. The van der Waals surface area contributed by atoms with Crippen molar-refractivity contribution in [2.24, 2.45) is 0 Å². The van der Waals surface area contributed by atoms with Crippen LogP contribution in [0.1, 0.15) is 48.8 Å². The zero-order chi connectivity index (χ0) is 21.9. The van der Waals surface area contributed by atoms with Crippen LogP contribution in [0.25, 0.3) is 0 Å². The summed E-state index contributed by atoms with van der Waals surface area (Å²) in [6, 6.07) is 7.90. The average molecular weight is 428 g/mol. The summed E-state index contributed by atoms with van der Waals surface area (Å²) in [5.74, 6) is 1.51. The molecule has 2 N–H and O–H groups in total. The molecule has 0 aliphatic carbocycles. The number of ether oxygens (including phenoxy) is 2. The fourth-order valence-corrected chi connectivity index (χ4v) is 4.01. The Morgan fingerprint density at radius 2 is 1.81 bits per heavy atom. The van der Waals surface area contributed by atoms with Crippen molar-refractivity contribution < 1.29 is 14.6 Å². The van der Waals surface area contributed by atoms with Crippen molar-refractivity contribution in [3.63, 3.8) is 0 Å². The molecule has 2 aromatic rings. The molecule has 0 radical (unpaired) electrons. The Bertz CT molecular complexity index is 791. The first kappa shape index (κ1) is 23.5. The predicted molar refractivity (Wildman–Crippen MR) is 124 cm³/mol. The predicted octanol–water partition coefficient (Wildman–Crippen LogP) is 3.69. The van der Waals surface area contributed by atoms with Gasteiger partial charge in [0, 0.05) is 43.7 Å². The van der Waals surface area contributed by atoms with E-state index in [0.29, 0.717) is 13.1 Å². The molecule has 1 fully saturated rings. The lowest BCUT2D eigenvalue weighted by atomic mass is 10.1. The Kier molecular flexibility index (Phi) is 9.59. The molecular weight excluding hydrogens is 390 g/mol. The lowest BCUT2D eigenvalue weighted by molar-refractivity contribution is 0.0650. The van der Waals surface area contributed by atoms with E-state index in [1.165, 1.54) is 43.2 Å². The fourth-order valence-electron chi connectivity index (χ4n) is 4.01. The molecule has 1 aromatic carbocycles. The van der Waals surface area contributed by atoms with Gasteiger partial charge in [0.25, 0.3) is 0 Å². The molecule has 1 unspecified atom stereocenters. The van der Waals surface area contributed by atoms with Crippen molar-refractivity contribution in [1.29, 1.82) is 0 Å². The van der Waals surface area contributed by atoms with Crippen LogP contribution >= 0.6 is 0 Å². The van der Waals surface area contributed by atoms with E-state index in [1.807, 2.05) is 36.7 Å². The van der Waals surface area contributed by atoms with Crippen molar-refractivity contribution in [3.8, 4) is 11.5 Å². The van der Waals surface area contributed by atoms with E-state index < -0.39 is 6.10 Å². The molecular formula is C25H37N3O3. The highest BCUT2D eigenvalue weighted by molar-refractivity contribution is 5.40. The van der Waals surface area contributed by atoms with Crippen LogP contribution in [0.15, 0.2) is 36.7 Å². The average Bonchev–Trinajstić information content (AvgIpc) is 2.76.